The third-order valence-corrected chi connectivity index (χ3v) is 3.56. The molecular formula is C15H22N2O3. The Hall–Kier alpha value is -1.62. The highest BCUT2D eigenvalue weighted by Gasteiger charge is 2.25. The molecular weight excluding hydrogens is 256 g/mol. The molecule has 0 radical (unpaired) electrons. The number of piperidine rings is 1. The molecule has 5 heteroatoms. The van der Waals surface area contributed by atoms with Crippen LogP contribution in [0.4, 0.5) is 0 Å². The second-order valence-corrected chi connectivity index (χ2v) is 5.25. The average molecular weight is 278 g/mol. The average Bonchev–Trinajstić information content (AvgIpc) is 2.47. The van der Waals surface area contributed by atoms with Crippen LogP contribution in [0, 0.1) is 0 Å². The highest BCUT2D eigenvalue weighted by Crippen LogP contribution is 2.16. The Kier molecular flexibility index (Phi) is 4.95. The van der Waals surface area contributed by atoms with Crippen molar-refractivity contribution in [3.05, 3.63) is 34.2 Å². The summed E-state index contributed by atoms with van der Waals surface area (Å²) < 4.78 is 7.17. The van der Waals surface area contributed by atoms with Crippen LogP contribution in [-0.2, 0) is 11.8 Å². The summed E-state index contributed by atoms with van der Waals surface area (Å²) >= 11 is 0. The molecule has 1 aliphatic rings. The fourth-order valence-corrected chi connectivity index (χ4v) is 2.45. The first kappa shape index (κ1) is 14.8. The van der Waals surface area contributed by atoms with Gasteiger partial charge in [0.15, 0.2) is 0 Å². The third-order valence-electron chi connectivity index (χ3n) is 3.56. The number of likely N-dealkylation sites (tertiary alicyclic amines) is 1. The monoisotopic (exact) mass is 278 g/mol. The van der Waals surface area contributed by atoms with Crippen LogP contribution in [0.25, 0.3) is 0 Å². The summed E-state index contributed by atoms with van der Waals surface area (Å²) in [5.74, 6) is -0.0228. The van der Waals surface area contributed by atoms with E-state index < -0.39 is 0 Å². The van der Waals surface area contributed by atoms with E-state index in [4.69, 9.17) is 4.74 Å². The number of carbonyl (C=O) groups excluding carboxylic acids is 1. The minimum absolute atomic E-state index is 0.0228. The number of rotatable bonds is 4. The van der Waals surface area contributed by atoms with Gasteiger partial charge in [0, 0.05) is 39.0 Å². The van der Waals surface area contributed by atoms with Gasteiger partial charge in [0.2, 0.25) is 5.56 Å². The first-order valence-corrected chi connectivity index (χ1v) is 7.19. The van der Waals surface area contributed by atoms with E-state index in [0.29, 0.717) is 12.1 Å². The Labute approximate surface area is 119 Å². The Morgan fingerprint density at radius 3 is 2.95 bits per heavy atom. The molecule has 1 aliphatic heterocycles. The predicted molar refractivity (Wildman–Crippen MR) is 76.9 cm³/mol. The maximum atomic E-state index is 12.4. The zero-order valence-electron chi connectivity index (χ0n) is 12.2. The van der Waals surface area contributed by atoms with Gasteiger partial charge >= 0.3 is 0 Å². The van der Waals surface area contributed by atoms with Gasteiger partial charge in [0.05, 0.1) is 11.7 Å². The predicted octanol–water partition coefficient (Wildman–Crippen LogP) is 1.42. The summed E-state index contributed by atoms with van der Waals surface area (Å²) in [6, 6.07) is 3.03. The van der Waals surface area contributed by atoms with Gasteiger partial charge in [-0.2, -0.15) is 0 Å². The van der Waals surface area contributed by atoms with Crippen LogP contribution in [0.1, 0.15) is 36.5 Å². The number of pyridine rings is 1. The number of hydrogen-bond acceptors (Lipinski definition) is 3. The Bertz CT molecular complexity index is 524. The van der Waals surface area contributed by atoms with Crippen molar-refractivity contribution < 1.29 is 9.53 Å². The highest BCUT2D eigenvalue weighted by atomic mass is 16.5. The molecule has 20 heavy (non-hydrogen) atoms. The molecule has 1 fully saturated rings. The van der Waals surface area contributed by atoms with Crippen LogP contribution >= 0.6 is 0 Å². The second kappa shape index (κ2) is 6.70. The molecule has 0 aliphatic carbocycles. The van der Waals surface area contributed by atoms with Crippen LogP contribution < -0.4 is 5.56 Å². The van der Waals surface area contributed by atoms with Gasteiger partial charge in [-0.1, -0.05) is 6.92 Å². The number of aryl methyl sites for hydroxylation is 1. The Morgan fingerprint density at radius 1 is 1.45 bits per heavy atom. The molecule has 0 spiro atoms. The van der Waals surface area contributed by atoms with Crippen molar-refractivity contribution in [1.29, 1.82) is 0 Å². The molecule has 0 saturated carbocycles. The van der Waals surface area contributed by atoms with E-state index in [9.17, 15) is 9.59 Å². The Balaban J connectivity index is 2.04. The fourth-order valence-electron chi connectivity index (χ4n) is 2.45. The molecule has 1 amide bonds. The standard InChI is InChI=1S/C15H22N2O3/c1-3-9-20-13-5-4-8-17(11-13)15(19)12-6-7-14(18)16(2)10-12/h6-7,10,13H,3-5,8-9,11H2,1-2H3. The van der Waals surface area contributed by atoms with Gasteiger partial charge in [0.25, 0.3) is 5.91 Å². The largest absolute Gasteiger partial charge is 0.376 e. The number of amides is 1. The lowest BCUT2D eigenvalue weighted by molar-refractivity contribution is 0.00208. The summed E-state index contributed by atoms with van der Waals surface area (Å²) in [5.41, 5.74) is 0.451. The third kappa shape index (κ3) is 3.48. The normalized spacial score (nSPS) is 19.1. The molecule has 0 aromatic carbocycles. The van der Waals surface area contributed by atoms with Crippen LogP contribution in [0.15, 0.2) is 23.1 Å². The quantitative estimate of drug-likeness (QED) is 0.837. The smallest absolute Gasteiger partial charge is 0.255 e. The number of carbonyl (C=O) groups is 1. The van der Waals surface area contributed by atoms with Gasteiger partial charge in [-0.05, 0) is 25.3 Å². The first-order chi connectivity index (χ1) is 9.61. The zero-order chi connectivity index (χ0) is 14.5. The first-order valence-electron chi connectivity index (χ1n) is 7.19. The molecule has 1 saturated heterocycles. The minimum Gasteiger partial charge on any atom is -0.376 e. The maximum absolute atomic E-state index is 12.4. The van der Waals surface area contributed by atoms with Crippen molar-refractivity contribution in [2.45, 2.75) is 32.3 Å². The topological polar surface area (TPSA) is 51.5 Å². The van der Waals surface area contributed by atoms with Gasteiger partial charge < -0.3 is 14.2 Å². The van der Waals surface area contributed by atoms with E-state index in [0.717, 1.165) is 32.4 Å². The van der Waals surface area contributed by atoms with E-state index in [2.05, 4.69) is 6.92 Å². The number of aromatic nitrogens is 1. The van der Waals surface area contributed by atoms with Gasteiger partial charge in [-0.15, -0.1) is 0 Å². The summed E-state index contributed by atoms with van der Waals surface area (Å²) in [5, 5.41) is 0. The lowest BCUT2D eigenvalue weighted by Gasteiger charge is -2.32. The van der Waals surface area contributed by atoms with E-state index >= 15 is 0 Å². The van der Waals surface area contributed by atoms with Gasteiger partial charge in [-0.3, -0.25) is 9.59 Å². The molecule has 1 unspecified atom stereocenters. The number of ether oxygens (including phenoxy) is 1. The zero-order valence-corrected chi connectivity index (χ0v) is 12.2. The van der Waals surface area contributed by atoms with Gasteiger partial charge in [-0.25, -0.2) is 0 Å². The maximum Gasteiger partial charge on any atom is 0.255 e. The number of hydrogen-bond donors (Lipinski definition) is 0. The van der Waals surface area contributed by atoms with Gasteiger partial charge in [0.1, 0.15) is 0 Å². The van der Waals surface area contributed by atoms with E-state index in [-0.39, 0.29) is 17.6 Å². The summed E-state index contributed by atoms with van der Waals surface area (Å²) in [4.78, 5) is 25.6. The van der Waals surface area contributed by atoms with E-state index in [1.54, 1.807) is 19.3 Å². The molecule has 1 atom stereocenters. The van der Waals surface area contributed by atoms with Crippen LogP contribution in [-0.4, -0.2) is 41.2 Å². The minimum atomic E-state index is -0.107. The van der Waals surface area contributed by atoms with E-state index in [1.807, 2.05) is 4.90 Å². The summed E-state index contributed by atoms with van der Waals surface area (Å²) in [7, 11) is 1.66. The number of nitrogens with zero attached hydrogens (tertiary/aromatic N) is 2. The fraction of sp³-hybridized carbons (Fsp3) is 0.600. The van der Waals surface area contributed by atoms with Crippen LogP contribution in [0.5, 0.6) is 0 Å². The van der Waals surface area contributed by atoms with Crippen LogP contribution in [0.3, 0.4) is 0 Å². The van der Waals surface area contributed by atoms with Crippen molar-refractivity contribution in [3.63, 3.8) is 0 Å². The molecule has 5 nitrogen and oxygen atoms in total. The summed E-state index contributed by atoms with van der Waals surface area (Å²) in [6.07, 6.45) is 4.70. The molecule has 2 rings (SSSR count). The lowest BCUT2D eigenvalue weighted by atomic mass is 10.1. The van der Waals surface area contributed by atoms with E-state index in [1.165, 1.54) is 10.6 Å². The van der Waals surface area contributed by atoms with Crippen molar-refractivity contribution >= 4 is 5.91 Å². The highest BCUT2D eigenvalue weighted by molar-refractivity contribution is 5.94. The second-order valence-electron chi connectivity index (χ2n) is 5.25. The van der Waals surface area contributed by atoms with Crippen molar-refractivity contribution in [2.24, 2.45) is 7.05 Å². The van der Waals surface area contributed by atoms with Crippen molar-refractivity contribution in [1.82, 2.24) is 9.47 Å². The molecule has 1 aromatic rings. The Morgan fingerprint density at radius 2 is 2.25 bits per heavy atom. The van der Waals surface area contributed by atoms with Crippen molar-refractivity contribution in [3.8, 4) is 0 Å². The molecule has 110 valence electrons. The molecule has 2 heterocycles. The molecule has 0 bridgehead atoms. The van der Waals surface area contributed by atoms with Crippen LogP contribution in [0.2, 0.25) is 0 Å². The SMILES string of the molecule is CCCOC1CCCN(C(=O)c2ccc(=O)n(C)c2)C1. The van der Waals surface area contributed by atoms with Crippen molar-refractivity contribution in [2.75, 3.05) is 19.7 Å². The molecule has 1 aromatic heterocycles. The lowest BCUT2D eigenvalue weighted by Crippen LogP contribution is -2.43. The summed E-state index contributed by atoms with van der Waals surface area (Å²) in [6.45, 7) is 4.22. The molecule has 0 N–H and O–H groups in total.